The lowest BCUT2D eigenvalue weighted by Gasteiger charge is -2.11. The van der Waals surface area contributed by atoms with E-state index in [2.05, 4.69) is 9.46 Å². The highest BCUT2D eigenvalue weighted by Crippen LogP contribution is 2.26. The van der Waals surface area contributed by atoms with Crippen molar-refractivity contribution < 1.29 is 17.9 Å². The number of carbonyl (C=O) groups is 1. The molecule has 0 amide bonds. The second-order valence-electron chi connectivity index (χ2n) is 5.09. The van der Waals surface area contributed by atoms with Crippen LogP contribution >= 0.6 is 11.6 Å². The van der Waals surface area contributed by atoms with Crippen molar-refractivity contribution in [1.29, 1.82) is 0 Å². The van der Waals surface area contributed by atoms with Crippen molar-refractivity contribution in [3.05, 3.63) is 46.2 Å². The minimum atomic E-state index is -3.86. The van der Waals surface area contributed by atoms with Crippen LogP contribution in [0.2, 0.25) is 5.02 Å². The number of rotatable bonds is 4. The summed E-state index contributed by atoms with van der Waals surface area (Å²) in [6.07, 6.45) is 0. The molecule has 0 aliphatic carbocycles. The monoisotopic (exact) mass is 356 g/mol. The van der Waals surface area contributed by atoms with Gasteiger partial charge < -0.3 is 9.30 Å². The fourth-order valence-electron chi connectivity index (χ4n) is 2.15. The van der Waals surface area contributed by atoms with Gasteiger partial charge in [0.2, 0.25) is 0 Å². The van der Waals surface area contributed by atoms with Crippen LogP contribution < -0.4 is 4.72 Å². The zero-order valence-corrected chi connectivity index (χ0v) is 14.7. The molecule has 1 aromatic heterocycles. The number of hydrogen-bond acceptors (Lipinski definition) is 4. The third-order valence-corrected chi connectivity index (χ3v) is 5.33. The van der Waals surface area contributed by atoms with Gasteiger partial charge in [-0.05, 0) is 37.6 Å². The summed E-state index contributed by atoms with van der Waals surface area (Å²) in [4.78, 5) is 11.7. The van der Waals surface area contributed by atoms with Crippen molar-refractivity contribution in [2.45, 2.75) is 18.7 Å². The van der Waals surface area contributed by atoms with Gasteiger partial charge in [-0.1, -0.05) is 17.7 Å². The number of ether oxygens (including phenoxy) is 1. The summed E-state index contributed by atoms with van der Waals surface area (Å²) in [5.74, 6) is -0.601. The fraction of sp³-hybridized carbons (Fsp3) is 0.267. The molecule has 124 valence electrons. The zero-order valence-electron chi connectivity index (χ0n) is 13.2. The number of halogens is 1. The molecule has 0 unspecified atom stereocenters. The van der Waals surface area contributed by atoms with Gasteiger partial charge in [-0.2, -0.15) is 0 Å². The number of sulfonamides is 1. The maximum atomic E-state index is 12.6. The minimum Gasteiger partial charge on any atom is -0.464 e. The number of aromatic nitrogens is 1. The maximum absolute atomic E-state index is 12.6. The van der Waals surface area contributed by atoms with Crippen molar-refractivity contribution in [3.8, 4) is 0 Å². The standard InChI is InChI=1S/C15H17ClN2O4S/c1-9-5-6-11(16)7-12(9)17-23(20,21)14-8-13(15(19)22-4)18(3)10(14)2/h5-8,17H,1-4H3. The number of esters is 1. The van der Waals surface area contributed by atoms with Crippen molar-refractivity contribution >= 4 is 33.3 Å². The van der Waals surface area contributed by atoms with Crippen molar-refractivity contribution in [3.63, 3.8) is 0 Å². The number of carbonyl (C=O) groups excluding carboxylic acids is 1. The molecular weight excluding hydrogens is 340 g/mol. The van der Waals surface area contributed by atoms with Crippen molar-refractivity contribution in [2.24, 2.45) is 7.05 Å². The Morgan fingerprint density at radius 1 is 1.26 bits per heavy atom. The second-order valence-corrected chi connectivity index (χ2v) is 7.18. The predicted octanol–water partition coefficient (Wildman–Crippen LogP) is 2.88. The molecule has 2 aromatic rings. The number of methoxy groups -OCH3 is 1. The first-order chi connectivity index (χ1) is 10.7. The molecule has 0 bridgehead atoms. The number of anilines is 1. The van der Waals surface area contributed by atoms with Gasteiger partial charge in [0, 0.05) is 17.8 Å². The Bertz CT molecular complexity index is 872. The number of nitrogens with one attached hydrogen (secondary N) is 1. The average Bonchev–Trinajstić information content (AvgIpc) is 2.79. The van der Waals surface area contributed by atoms with Gasteiger partial charge in [0.1, 0.15) is 10.6 Å². The number of nitrogens with zero attached hydrogens (tertiary/aromatic N) is 1. The molecule has 23 heavy (non-hydrogen) atoms. The van der Waals surface area contributed by atoms with E-state index in [1.807, 2.05) is 0 Å². The first-order valence-corrected chi connectivity index (χ1v) is 8.57. The van der Waals surface area contributed by atoms with Crippen molar-refractivity contribution in [1.82, 2.24) is 4.57 Å². The first kappa shape index (κ1) is 17.4. The van der Waals surface area contributed by atoms with Crippen molar-refractivity contribution in [2.75, 3.05) is 11.8 Å². The molecule has 0 saturated heterocycles. The predicted molar refractivity (Wildman–Crippen MR) is 88.5 cm³/mol. The molecule has 2 rings (SSSR count). The molecule has 0 fully saturated rings. The Labute approximate surface area is 140 Å². The van der Waals surface area contributed by atoms with Crippen LogP contribution in [-0.2, 0) is 21.8 Å². The summed E-state index contributed by atoms with van der Waals surface area (Å²) in [5.41, 5.74) is 1.71. The van der Waals surface area contributed by atoms with E-state index >= 15 is 0 Å². The topological polar surface area (TPSA) is 77.4 Å². The molecule has 1 heterocycles. The van der Waals surface area contributed by atoms with E-state index in [9.17, 15) is 13.2 Å². The Hall–Kier alpha value is -1.99. The highest BCUT2D eigenvalue weighted by atomic mass is 35.5. The molecule has 1 aromatic carbocycles. The quantitative estimate of drug-likeness (QED) is 0.854. The summed E-state index contributed by atoms with van der Waals surface area (Å²) < 4.78 is 33.9. The van der Waals surface area contributed by atoms with Gasteiger partial charge in [-0.3, -0.25) is 4.72 Å². The lowest BCUT2D eigenvalue weighted by atomic mass is 10.2. The highest BCUT2D eigenvalue weighted by Gasteiger charge is 2.25. The smallest absolute Gasteiger partial charge is 0.354 e. The van der Waals surface area contributed by atoms with E-state index in [0.717, 1.165) is 5.56 Å². The number of aryl methyl sites for hydroxylation is 1. The molecule has 0 spiro atoms. The van der Waals surface area contributed by atoms with Crippen LogP contribution in [0.4, 0.5) is 5.69 Å². The lowest BCUT2D eigenvalue weighted by molar-refractivity contribution is 0.0589. The van der Waals surface area contributed by atoms with Crippen LogP contribution in [0, 0.1) is 13.8 Å². The summed E-state index contributed by atoms with van der Waals surface area (Å²) >= 11 is 5.91. The molecule has 0 radical (unpaired) electrons. The largest absolute Gasteiger partial charge is 0.464 e. The molecule has 1 N–H and O–H groups in total. The van der Waals surface area contributed by atoms with Gasteiger partial charge in [0.25, 0.3) is 10.0 Å². The SMILES string of the molecule is COC(=O)c1cc(S(=O)(=O)Nc2cc(Cl)ccc2C)c(C)n1C. The molecule has 8 heteroatoms. The number of benzene rings is 1. The molecular formula is C15H17ClN2O4S. The zero-order chi connectivity index (χ0) is 17.4. The summed E-state index contributed by atoms with van der Waals surface area (Å²) in [5, 5.41) is 0.424. The average molecular weight is 357 g/mol. The van der Waals surface area contributed by atoms with E-state index in [1.54, 1.807) is 33.0 Å². The van der Waals surface area contributed by atoms with Crippen LogP contribution in [0.1, 0.15) is 21.7 Å². The summed E-state index contributed by atoms with van der Waals surface area (Å²) in [7, 11) is -1.02. The Morgan fingerprint density at radius 2 is 1.91 bits per heavy atom. The third-order valence-electron chi connectivity index (χ3n) is 3.62. The fourth-order valence-corrected chi connectivity index (χ4v) is 3.73. The van der Waals surface area contributed by atoms with Crippen LogP contribution in [-0.4, -0.2) is 26.1 Å². The van der Waals surface area contributed by atoms with Gasteiger partial charge in [0.15, 0.2) is 0 Å². The van der Waals surface area contributed by atoms with E-state index in [4.69, 9.17) is 11.6 Å². The van der Waals surface area contributed by atoms with Crippen LogP contribution in [0.3, 0.4) is 0 Å². The molecule has 0 saturated carbocycles. The maximum Gasteiger partial charge on any atom is 0.354 e. The van der Waals surface area contributed by atoms with Crippen LogP contribution in [0.5, 0.6) is 0 Å². The van der Waals surface area contributed by atoms with Gasteiger partial charge in [-0.15, -0.1) is 0 Å². The number of hydrogen-bond donors (Lipinski definition) is 1. The molecule has 0 atom stereocenters. The lowest BCUT2D eigenvalue weighted by Crippen LogP contribution is -2.14. The van der Waals surface area contributed by atoms with E-state index < -0.39 is 16.0 Å². The first-order valence-electron chi connectivity index (χ1n) is 6.71. The van der Waals surface area contributed by atoms with Crippen LogP contribution in [0.15, 0.2) is 29.2 Å². The van der Waals surface area contributed by atoms with E-state index in [0.29, 0.717) is 16.4 Å². The van der Waals surface area contributed by atoms with E-state index in [-0.39, 0.29) is 10.6 Å². The van der Waals surface area contributed by atoms with Gasteiger partial charge >= 0.3 is 5.97 Å². The van der Waals surface area contributed by atoms with Gasteiger partial charge in [0.05, 0.1) is 12.8 Å². The van der Waals surface area contributed by atoms with Gasteiger partial charge in [-0.25, -0.2) is 13.2 Å². The highest BCUT2D eigenvalue weighted by molar-refractivity contribution is 7.92. The minimum absolute atomic E-state index is 0.0137. The Morgan fingerprint density at radius 3 is 2.52 bits per heavy atom. The van der Waals surface area contributed by atoms with E-state index in [1.165, 1.54) is 23.8 Å². The molecule has 0 aliphatic rings. The molecule has 0 aliphatic heterocycles. The summed E-state index contributed by atoms with van der Waals surface area (Å²) in [6, 6.07) is 6.23. The third kappa shape index (κ3) is 3.35. The second kappa shape index (κ2) is 6.25. The Kier molecular flexibility index (Phi) is 4.72. The Balaban J connectivity index is 2.48. The van der Waals surface area contributed by atoms with Crippen LogP contribution in [0.25, 0.3) is 0 Å². The molecule has 6 nitrogen and oxygen atoms in total. The summed E-state index contributed by atoms with van der Waals surface area (Å²) in [6.45, 7) is 3.39. The normalized spacial score (nSPS) is 11.3.